The van der Waals surface area contributed by atoms with Gasteiger partial charge in [-0.05, 0) is 48.0 Å². The average Bonchev–Trinajstić information content (AvgIpc) is 3.40. The second-order valence-corrected chi connectivity index (χ2v) is 9.95. The van der Waals surface area contributed by atoms with Gasteiger partial charge in [-0.2, -0.15) is 0 Å². The van der Waals surface area contributed by atoms with Crippen LogP contribution in [0.25, 0.3) is 32.0 Å². The zero-order chi connectivity index (χ0) is 20.7. The summed E-state index contributed by atoms with van der Waals surface area (Å²) in [5.41, 5.74) is 2.12. The van der Waals surface area contributed by atoms with Crippen molar-refractivity contribution in [3.63, 3.8) is 0 Å². The Bertz CT molecular complexity index is 1460. The van der Waals surface area contributed by atoms with Gasteiger partial charge in [-0.25, -0.2) is 13.4 Å². The zero-order valence-corrected chi connectivity index (χ0v) is 17.8. The molecule has 3 heterocycles. The second kappa shape index (κ2) is 7.36. The smallest absolute Gasteiger partial charge is 0.209 e. The fourth-order valence-electron chi connectivity index (χ4n) is 3.33. The third kappa shape index (κ3) is 3.21. The van der Waals surface area contributed by atoms with Gasteiger partial charge in [0.2, 0.25) is 9.84 Å². The van der Waals surface area contributed by atoms with Crippen LogP contribution in [-0.4, -0.2) is 23.4 Å². The maximum atomic E-state index is 13.6. The number of hydrogen-bond donors (Lipinski definition) is 1. The van der Waals surface area contributed by atoms with Crippen molar-refractivity contribution in [2.75, 3.05) is 0 Å². The van der Waals surface area contributed by atoms with Gasteiger partial charge < -0.3 is 4.98 Å². The quantitative estimate of drug-likeness (QED) is 0.372. The van der Waals surface area contributed by atoms with Crippen LogP contribution in [0.5, 0.6) is 0 Å². The fourth-order valence-corrected chi connectivity index (χ4v) is 6.12. The summed E-state index contributed by atoms with van der Waals surface area (Å²) in [6, 6.07) is 17.3. The molecule has 0 bridgehead atoms. The van der Waals surface area contributed by atoms with E-state index in [1.807, 2.05) is 12.1 Å². The normalized spacial score (nSPS) is 11.8. The molecule has 0 aliphatic rings. The Morgan fingerprint density at radius 1 is 0.967 bits per heavy atom. The molecule has 0 unspecified atom stereocenters. The number of benzene rings is 2. The summed E-state index contributed by atoms with van der Waals surface area (Å²) in [7, 11) is -3.81. The molecule has 0 radical (unpaired) electrons. The highest BCUT2D eigenvalue weighted by atomic mass is 35.5. The molecule has 0 aliphatic carbocycles. The number of halogens is 1. The first-order valence-electron chi connectivity index (χ1n) is 9.02. The molecule has 0 aliphatic heterocycles. The minimum atomic E-state index is -3.81. The number of pyridine rings is 1. The van der Waals surface area contributed by atoms with Gasteiger partial charge in [0.15, 0.2) is 0 Å². The highest BCUT2D eigenvalue weighted by Crippen LogP contribution is 2.41. The van der Waals surface area contributed by atoms with E-state index in [1.54, 1.807) is 67.1 Å². The van der Waals surface area contributed by atoms with Gasteiger partial charge >= 0.3 is 0 Å². The lowest BCUT2D eigenvalue weighted by Crippen LogP contribution is -2.03. The molecule has 0 saturated carbocycles. The van der Waals surface area contributed by atoms with Gasteiger partial charge in [0, 0.05) is 34.5 Å². The van der Waals surface area contributed by atoms with Crippen LogP contribution in [0.15, 0.2) is 89.0 Å². The van der Waals surface area contributed by atoms with Crippen molar-refractivity contribution in [1.82, 2.24) is 15.0 Å². The lowest BCUT2D eigenvalue weighted by atomic mass is 10.2. The van der Waals surface area contributed by atoms with E-state index in [-0.39, 0.29) is 9.79 Å². The standard InChI is InChI=1S/C22H14ClN3O2S2/c23-15-6-7-18-17(12-15)21(30(27,28)16-4-2-1-3-5-16)20(26-18)22-25-13-19(29-22)14-8-10-24-11-9-14/h1-13,26H. The van der Waals surface area contributed by atoms with E-state index in [0.717, 1.165) is 10.4 Å². The van der Waals surface area contributed by atoms with Gasteiger partial charge in [-0.1, -0.05) is 29.8 Å². The molecule has 5 aromatic rings. The number of aromatic amines is 1. The predicted molar refractivity (Wildman–Crippen MR) is 120 cm³/mol. The summed E-state index contributed by atoms with van der Waals surface area (Å²) in [6.45, 7) is 0. The summed E-state index contributed by atoms with van der Waals surface area (Å²) in [6.07, 6.45) is 5.17. The van der Waals surface area contributed by atoms with E-state index in [9.17, 15) is 8.42 Å². The predicted octanol–water partition coefficient (Wildman–Crippen LogP) is 5.84. The topological polar surface area (TPSA) is 75.7 Å². The Hall–Kier alpha value is -3.00. The molecule has 0 amide bonds. The number of sulfone groups is 1. The molecule has 3 aromatic heterocycles. The maximum Gasteiger partial charge on any atom is 0.209 e. The van der Waals surface area contributed by atoms with E-state index < -0.39 is 9.84 Å². The van der Waals surface area contributed by atoms with Crippen LogP contribution in [0.2, 0.25) is 5.02 Å². The number of H-pyrrole nitrogens is 1. The lowest BCUT2D eigenvalue weighted by molar-refractivity contribution is 0.597. The summed E-state index contributed by atoms with van der Waals surface area (Å²) in [5, 5.41) is 1.60. The number of thiazole rings is 1. The van der Waals surface area contributed by atoms with Crippen LogP contribution < -0.4 is 0 Å². The Balaban J connectivity index is 1.76. The van der Waals surface area contributed by atoms with Gasteiger partial charge in [-0.15, -0.1) is 11.3 Å². The molecule has 0 saturated heterocycles. The molecule has 0 atom stereocenters. The van der Waals surface area contributed by atoms with Crippen molar-refractivity contribution in [1.29, 1.82) is 0 Å². The Labute approximate surface area is 182 Å². The van der Waals surface area contributed by atoms with Crippen LogP contribution in [0.1, 0.15) is 0 Å². The summed E-state index contributed by atoms with van der Waals surface area (Å²) in [4.78, 5) is 13.1. The van der Waals surface area contributed by atoms with Crippen molar-refractivity contribution in [2.24, 2.45) is 0 Å². The first-order chi connectivity index (χ1) is 14.5. The van der Waals surface area contributed by atoms with Gasteiger partial charge in [0.1, 0.15) is 9.90 Å². The molecule has 8 heteroatoms. The Morgan fingerprint density at radius 2 is 1.73 bits per heavy atom. The number of rotatable bonds is 4. The third-order valence-electron chi connectivity index (χ3n) is 4.72. The highest BCUT2D eigenvalue weighted by Gasteiger charge is 2.28. The molecule has 1 N–H and O–H groups in total. The molecule has 0 fully saturated rings. The number of fused-ring (bicyclic) bond motifs is 1. The minimum Gasteiger partial charge on any atom is -0.351 e. The summed E-state index contributed by atoms with van der Waals surface area (Å²) in [5.74, 6) is 0. The van der Waals surface area contributed by atoms with E-state index in [1.165, 1.54) is 11.3 Å². The number of nitrogens with one attached hydrogen (secondary N) is 1. The molecule has 148 valence electrons. The largest absolute Gasteiger partial charge is 0.351 e. The average molecular weight is 452 g/mol. The summed E-state index contributed by atoms with van der Waals surface area (Å²) < 4.78 is 27.2. The lowest BCUT2D eigenvalue weighted by Gasteiger charge is -2.06. The Kier molecular flexibility index (Phi) is 4.66. The Morgan fingerprint density at radius 3 is 2.50 bits per heavy atom. The van der Waals surface area contributed by atoms with Crippen LogP contribution in [0.3, 0.4) is 0 Å². The SMILES string of the molecule is O=S(=O)(c1ccccc1)c1c(-c2ncc(-c3ccncc3)s2)[nH]c2ccc(Cl)cc12. The van der Waals surface area contributed by atoms with Gasteiger partial charge in [0.25, 0.3) is 0 Å². The highest BCUT2D eigenvalue weighted by molar-refractivity contribution is 7.92. The first-order valence-corrected chi connectivity index (χ1v) is 11.7. The molecule has 2 aromatic carbocycles. The van der Waals surface area contributed by atoms with Crippen LogP contribution in [0.4, 0.5) is 0 Å². The van der Waals surface area contributed by atoms with E-state index in [0.29, 0.717) is 26.6 Å². The van der Waals surface area contributed by atoms with Crippen LogP contribution >= 0.6 is 22.9 Å². The molecular formula is C22H14ClN3O2S2. The van der Waals surface area contributed by atoms with Crippen molar-refractivity contribution in [3.05, 3.63) is 84.3 Å². The molecule has 5 nitrogen and oxygen atoms in total. The van der Waals surface area contributed by atoms with Crippen molar-refractivity contribution < 1.29 is 8.42 Å². The van der Waals surface area contributed by atoms with Gasteiger partial charge in [-0.3, -0.25) is 4.98 Å². The summed E-state index contributed by atoms with van der Waals surface area (Å²) >= 11 is 7.61. The zero-order valence-electron chi connectivity index (χ0n) is 15.4. The number of hydrogen-bond acceptors (Lipinski definition) is 5. The van der Waals surface area contributed by atoms with E-state index >= 15 is 0 Å². The number of aromatic nitrogens is 3. The molecular weight excluding hydrogens is 438 g/mol. The van der Waals surface area contributed by atoms with Gasteiger partial charge in [0.05, 0.1) is 15.5 Å². The van der Waals surface area contributed by atoms with Crippen molar-refractivity contribution >= 4 is 43.7 Å². The fraction of sp³-hybridized carbons (Fsp3) is 0. The molecule has 0 spiro atoms. The molecule has 5 rings (SSSR count). The third-order valence-corrected chi connectivity index (χ3v) is 7.87. The van der Waals surface area contributed by atoms with E-state index in [4.69, 9.17) is 11.6 Å². The van der Waals surface area contributed by atoms with Crippen LogP contribution in [0, 0.1) is 0 Å². The number of nitrogens with zero attached hydrogens (tertiary/aromatic N) is 2. The van der Waals surface area contributed by atoms with E-state index in [2.05, 4.69) is 15.0 Å². The maximum absolute atomic E-state index is 13.6. The monoisotopic (exact) mass is 451 g/mol. The first kappa shape index (κ1) is 19.0. The second-order valence-electron chi connectivity index (χ2n) is 6.60. The molecule has 30 heavy (non-hydrogen) atoms. The minimum absolute atomic E-state index is 0.182. The van der Waals surface area contributed by atoms with Crippen LogP contribution in [-0.2, 0) is 9.84 Å². The van der Waals surface area contributed by atoms with Crippen molar-refractivity contribution in [2.45, 2.75) is 9.79 Å². The van der Waals surface area contributed by atoms with Crippen molar-refractivity contribution in [3.8, 4) is 21.1 Å².